The van der Waals surface area contributed by atoms with Crippen LogP contribution in [0.4, 0.5) is 29.2 Å². The molecule has 0 unspecified atom stereocenters. The van der Waals surface area contributed by atoms with Crippen molar-refractivity contribution < 1.29 is 27.1 Å². The molecule has 192 valence electrons. The highest BCUT2D eigenvalue weighted by Gasteiger charge is 2.31. The third-order valence-electron chi connectivity index (χ3n) is 6.14. The zero-order chi connectivity index (χ0) is 26.2. The number of hydrogen-bond donors (Lipinski definition) is 1. The molecular weight excluding hydrogens is 490 g/mol. The van der Waals surface area contributed by atoms with E-state index in [9.17, 15) is 22.4 Å². The zero-order valence-corrected chi connectivity index (χ0v) is 19.8. The molecule has 2 aromatic heterocycles. The number of Topliss-reactive ketones (excluding diaryl/α,β-unsaturated/α-hetero) is 1. The molecule has 0 bridgehead atoms. The number of benzene rings is 2. The summed E-state index contributed by atoms with van der Waals surface area (Å²) in [6.45, 7) is 2.32. The number of nitrogens with one attached hydrogen (secondary N) is 1. The Hall–Kier alpha value is -3.99. The van der Waals surface area contributed by atoms with E-state index in [1.54, 1.807) is 48.1 Å². The Labute approximate surface area is 209 Å². The van der Waals surface area contributed by atoms with E-state index in [1.807, 2.05) is 0 Å². The number of imidazole rings is 1. The van der Waals surface area contributed by atoms with Crippen LogP contribution in [0.15, 0.2) is 54.7 Å². The molecule has 0 radical (unpaired) electrons. The molecule has 1 fully saturated rings. The molecule has 1 aliphatic heterocycles. The predicted molar refractivity (Wildman–Crippen MR) is 129 cm³/mol. The molecule has 0 atom stereocenters. The summed E-state index contributed by atoms with van der Waals surface area (Å²) in [6.07, 6.45) is -1.69. The number of likely N-dealkylation sites (tertiary alicyclic amines) is 1. The fourth-order valence-corrected chi connectivity index (χ4v) is 4.07. The normalized spacial score (nSPS) is 14.0. The lowest BCUT2D eigenvalue weighted by Crippen LogP contribution is -2.41. The van der Waals surface area contributed by atoms with E-state index in [1.165, 1.54) is 0 Å². The van der Waals surface area contributed by atoms with Crippen molar-refractivity contribution in [3.05, 3.63) is 71.8 Å². The first-order chi connectivity index (χ1) is 17.7. The molecule has 7 nitrogen and oxygen atoms in total. The second-order valence-electron chi connectivity index (χ2n) is 8.89. The van der Waals surface area contributed by atoms with Gasteiger partial charge in [-0.25, -0.2) is 9.37 Å². The van der Waals surface area contributed by atoms with Crippen LogP contribution in [0.3, 0.4) is 0 Å². The lowest BCUT2D eigenvalue weighted by atomic mass is 10.1. The third-order valence-corrected chi connectivity index (χ3v) is 6.14. The molecule has 3 heterocycles. The molecule has 4 aromatic rings. The van der Waals surface area contributed by atoms with Crippen molar-refractivity contribution in [1.82, 2.24) is 19.4 Å². The number of pyridine rings is 1. The van der Waals surface area contributed by atoms with Crippen molar-refractivity contribution in [2.75, 3.05) is 25.0 Å². The summed E-state index contributed by atoms with van der Waals surface area (Å²) in [5.74, 6) is 0.391. The van der Waals surface area contributed by atoms with Crippen molar-refractivity contribution in [2.24, 2.45) is 7.05 Å². The van der Waals surface area contributed by atoms with Crippen LogP contribution in [0, 0.1) is 5.82 Å². The highest BCUT2D eigenvalue weighted by Crippen LogP contribution is 2.33. The van der Waals surface area contributed by atoms with Crippen LogP contribution in [-0.2, 0) is 24.4 Å². The van der Waals surface area contributed by atoms with Gasteiger partial charge in [0.25, 0.3) is 0 Å². The second-order valence-corrected chi connectivity index (χ2v) is 8.89. The van der Waals surface area contributed by atoms with Gasteiger partial charge in [0.2, 0.25) is 5.95 Å². The van der Waals surface area contributed by atoms with Gasteiger partial charge in [0, 0.05) is 25.4 Å². The van der Waals surface area contributed by atoms with Gasteiger partial charge < -0.3 is 14.6 Å². The predicted octanol–water partition coefficient (Wildman–Crippen LogP) is 5.48. The Kier molecular flexibility index (Phi) is 6.55. The Morgan fingerprint density at radius 2 is 1.86 bits per heavy atom. The molecule has 0 saturated carbocycles. The molecule has 0 amide bonds. The van der Waals surface area contributed by atoms with Crippen LogP contribution in [-0.4, -0.2) is 44.9 Å². The van der Waals surface area contributed by atoms with E-state index >= 15 is 0 Å². The van der Waals surface area contributed by atoms with Gasteiger partial charge in [0.05, 0.1) is 40.9 Å². The number of rotatable bonds is 8. The van der Waals surface area contributed by atoms with E-state index in [-0.39, 0.29) is 23.8 Å². The van der Waals surface area contributed by atoms with Gasteiger partial charge in [-0.05, 0) is 55.9 Å². The molecule has 5 rings (SSSR count). The number of ether oxygens (including phenoxy) is 1. The number of fused-ring (bicyclic) bond motifs is 1. The molecule has 1 N–H and O–H groups in total. The quantitative estimate of drug-likeness (QED) is 0.315. The summed E-state index contributed by atoms with van der Waals surface area (Å²) in [7, 11) is 1.66. The first kappa shape index (κ1) is 24.7. The number of nitrogens with zero attached hydrogens (tertiary/aromatic N) is 4. The molecule has 0 spiro atoms. The first-order valence-corrected chi connectivity index (χ1v) is 11.6. The molecule has 1 aliphatic rings. The Bertz CT molecular complexity index is 1460. The monoisotopic (exact) mass is 513 g/mol. The van der Waals surface area contributed by atoms with E-state index < -0.39 is 17.6 Å². The average Bonchev–Trinajstić information content (AvgIpc) is 3.12. The van der Waals surface area contributed by atoms with Crippen molar-refractivity contribution in [2.45, 2.75) is 19.0 Å². The fourth-order valence-electron chi connectivity index (χ4n) is 4.07. The maximum absolute atomic E-state index is 14.2. The molecule has 0 aliphatic carbocycles. The van der Waals surface area contributed by atoms with Crippen molar-refractivity contribution in [1.29, 1.82) is 0 Å². The van der Waals surface area contributed by atoms with Gasteiger partial charge in [-0.15, -0.1) is 0 Å². The number of alkyl halides is 3. The summed E-state index contributed by atoms with van der Waals surface area (Å²) in [5.41, 5.74) is 0.460. The number of hydrogen-bond acceptors (Lipinski definition) is 6. The SMILES string of the molecule is Cn1c(Nc2cc(C(F)(F)F)ccc2F)nc2cc(Oc3ccnc(CC(=O)CN4CCC4)c3)ccc21. The van der Waals surface area contributed by atoms with Gasteiger partial charge in [0.1, 0.15) is 17.3 Å². The highest BCUT2D eigenvalue weighted by atomic mass is 19.4. The number of anilines is 2. The maximum atomic E-state index is 14.2. The summed E-state index contributed by atoms with van der Waals surface area (Å²) >= 11 is 0. The van der Waals surface area contributed by atoms with Crippen LogP contribution in [0.25, 0.3) is 11.0 Å². The van der Waals surface area contributed by atoms with Crippen LogP contribution in [0.1, 0.15) is 17.7 Å². The molecule has 37 heavy (non-hydrogen) atoms. The zero-order valence-electron chi connectivity index (χ0n) is 19.8. The van der Waals surface area contributed by atoms with E-state index in [0.29, 0.717) is 46.9 Å². The van der Waals surface area contributed by atoms with E-state index in [2.05, 4.69) is 20.2 Å². The van der Waals surface area contributed by atoms with Gasteiger partial charge in [0.15, 0.2) is 5.78 Å². The standard InChI is InChI=1S/C26H23F4N5O2/c1-34-24-6-4-19(37-20-7-8-31-17(13-20)12-18(36)15-35-9-2-10-35)14-23(24)33-25(34)32-22-11-16(26(28,29)30)3-5-21(22)27/h3-8,11,13-14H,2,9-10,12,15H2,1H3,(H,32,33). The third kappa shape index (κ3) is 5.56. The maximum Gasteiger partial charge on any atom is 0.416 e. The number of ketones is 1. The van der Waals surface area contributed by atoms with Crippen LogP contribution >= 0.6 is 0 Å². The van der Waals surface area contributed by atoms with Gasteiger partial charge in [-0.1, -0.05) is 0 Å². The van der Waals surface area contributed by atoms with Gasteiger partial charge in [-0.2, -0.15) is 13.2 Å². The topological polar surface area (TPSA) is 72.3 Å². The van der Waals surface area contributed by atoms with Crippen molar-refractivity contribution >= 4 is 28.5 Å². The molecule has 11 heteroatoms. The highest BCUT2D eigenvalue weighted by molar-refractivity contribution is 5.83. The molecular formula is C26H23F4N5O2. The van der Waals surface area contributed by atoms with E-state index in [4.69, 9.17) is 4.74 Å². The summed E-state index contributed by atoms with van der Waals surface area (Å²) in [4.78, 5) is 23.0. The summed E-state index contributed by atoms with van der Waals surface area (Å²) in [5, 5.41) is 2.65. The number of aryl methyl sites for hydroxylation is 1. The minimum atomic E-state index is -4.60. The van der Waals surface area contributed by atoms with Crippen LogP contribution < -0.4 is 10.1 Å². The average molecular weight is 513 g/mol. The van der Waals surface area contributed by atoms with Gasteiger partial charge in [-0.3, -0.25) is 14.7 Å². The second kappa shape index (κ2) is 9.81. The number of aromatic nitrogens is 3. The Morgan fingerprint density at radius 1 is 1.08 bits per heavy atom. The smallest absolute Gasteiger partial charge is 0.416 e. The molecule has 1 saturated heterocycles. The van der Waals surface area contributed by atoms with Crippen molar-refractivity contribution in [3.8, 4) is 11.5 Å². The largest absolute Gasteiger partial charge is 0.457 e. The number of carbonyl (C=O) groups excluding carboxylic acids is 1. The lowest BCUT2D eigenvalue weighted by Gasteiger charge is -2.29. The van der Waals surface area contributed by atoms with Crippen molar-refractivity contribution in [3.63, 3.8) is 0 Å². The first-order valence-electron chi connectivity index (χ1n) is 11.6. The Balaban J connectivity index is 1.32. The summed E-state index contributed by atoms with van der Waals surface area (Å²) < 4.78 is 60.9. The summed E-state index contributed by atoms with van der Waals surface area (Å²) in [6, 6.07) is 10.7. The number of carbonyl (C=O) groups is 1. The van der Waals surface area contributed by atoms with Crippen LogP contribution in [0.5, 0.6) is 11.5 Å². The fraction of sp³-hybridized carbons (Fsp3) is 0.269. The lowest BCUT2D eigenvalue weighted by molar-refractivity contribution is -0.137. The van der Waals surface area contributed by atoms with E-state index in [0.717, 1.165) is 25.6 Å². The van der Waals surface area contributed by atoms with Crippen LogP contribution in [0.2, 0.25) is 0 Å². The minimum absolute atomic E-state index is 0.0940. The van der Waals surface area contributed by atoms with Gasteiger partial charge >= 0.3 is 6.18 Å². The number of halogens is 4. The molecule has 2 aromatic carbocycles. The Morgan fingerprint density at radius 3 is 2.59 bits per heavy atom. The minimum Gasteiger partial charge on any atom is -0.457 e.